The van der Waals surface area contributed by atoms with Gasteiger partial charge < -0.3 is 14.9 Å². The zero-order valence-corrected chi connectivity index (χ0v) is 18.1. The molecule has 0 heterocycles. The number of rotatable bonds is 6. The first-order valence-electron chi connectivity index (χ1n) is 9.56. The minimum atomic E-state index is -2.55. The third-order valence-electron chi connectivity index (χ3n) is 5.17. The highest BCUT2D eigenvalue weighted by Crippen LogP contribution is 2.37. The molecule has 0 radical (unpaired) electrons. The molecule has 4 heteroatoms. The van der Waals surface area contributed by atoms with Crippen LogP contribution in [0.15, 0.2) is 78.9 Å². The van der Waals surface area contributed by atoms with E-state index >= 15 is 0 Å². The molecule has 0 spiro atoms. The van der Waals surface area contributed by atoms with Crippen molar-refractivity contribution in [2.75, 3.05) is 12.8 Å². The molecule has 3 rings (SSSR count). The number of nitrogens with two attached hydrogens (primary N) is 1. The van der Waals surface area contributed by atoms with Gasteiger partial charge in [0.15, 0.2) is 0 Å². The molecule has 0 unspecified atom stereocenters. The minimum Gasteiger partial charge on any atom is -0.495 e. The number of benzene rings is 3. The maximum Gasteiger partial charge on any atom is 0.261 e. The van der Waals surface area contributed by atoms with E-state index < -0.39 is 8.32 Å². The van der Waals surface area contributed by atoms with Crippen molar-refractivity contribution >= 4 is 24.4 Å². The first-order chi connectivity index (χ1) is 13.4. The molecule has 0 amide bonds. The Morgan fingerprint density at radius 1 is 0.821 bits per heavy atom. The first kappa shape index (κ1) is 20.2. The van der Waals surface area contributed by atoms with Gasteiger partial charge in [-0.3, -0.25) is 0 Å². The maximum absolute atomic E-state index is 6.93. The van der Waals surface area contributed by atoms with E-state index in [1.807, 2.05) is 18.2 Å². The van der Waals surface area contributed by atoms with Crippen molar-refractivity contribution in [3.05, 3.63) is 84.4 Å². The van der Waals surface area contributed by atoms with Crippen LogP contribution < -0.4 is 20.8 Å². The van der Waals surface area contributed by atoms with Gasteiger partial charge in [0.2, 0.25) is 0 Å². The van der Waals surface area contributed by atoms with E-state index in [0.29, 0.717) is 18.0 Å². The van der Waals surface area contributed by atoms with Crippen LogP contribution in [-0.4, -0.2) is 15.4 Å². The zero-order valence-electron chi connectivity index (χ0n) is 17.1. The van der Waals surface area contributed by atoms with Crippen LogP contribution in [-0.2, 0) is 11.0 Å². The molecular weight excluding hydrogens is 362 g/mol. The minimum absolute atomic E-state index is 0.0480. The van der Waals surface area contributed by atoms with Crippen LogP contribution >= 0.6 is 0 Å². The van der Waals surface area contributed by atoms with Crippen LogP contribution in [0.1, 0.15) is 26.3 Å². The van der Waals surface area contributed by atoms with E-state index in [4.69, 9.17) is 14.9 Å². The van der Waals surface area contributed by atoms with E-state index in [1.165, 1.54) is 10.4 Å². The lowest BCUT2D eigenvalue weighted by Gasteiger charge is -2.43. The predicted molar refractivity (Wildman–Crippen MR) is 120 cm³/mol. The van der Waals surface area contributed by atoms with E-state index in [-0.39, 0.29) is 5.04 Å². The summed E-state index contributed by atoms with van der Waals surface area (Å²) >= 11 is 0. The van der Waals surface area contributed by atoms with Gasteiger partial charge in [0, 0.05) is 0 Å². The summed E-state index contributed by atoms with van der Waals surface area (Å²) in [5.41, 5.74) is 7.67. The molecule has 3 aromatic carbocycles. The van der Waals surface area contributed by atoms with Gasteiger partial charge in [-0.05, 0) is 33.1 Å². The highest BCUT2D eigenvalue weighted by molar-refractivity contribution is 6.99. The van der Waals surface area contributed by atoms with Gasteiger partial charge in [0.25, 0.3) is 8.32 Å². The van der Waals surface area contributed by atoms with Crippen molar-refractivity contribution in [3.8, 4) is 5.75 Å². The lowest BCUT2D eigenvalue weighted by atomic mass is 10.2. The van der Waals surface area contributed by atoms with Crippen LogP contribution in [0, 0.1) is 0 Å². The lowest BCUT2D eigenvalue weighted by molar-refractivity contribution is 0.285. The quantitative estimate of drug-likeness (QED) is 0.502. The molecule has 0 saturated heterocycles. The molecule has 3 nitrogen and oxygen atoms in total. The monoisotopic (exact) mass is 391 g/mol. The van der Waals surface area contributed by atoms with Gasteiger partial charge in [-0.1, -0.05) is 87.5 Å². The average Bonchev–Trinajstić information content (AvgIpc) is 2.70. The molecule has 0 atom stereocenters. The van der Waals surface area contributed by atoms with Crippen LogP contribution in [0.2, 0.25) is 5.04 Å². The van der Waals surface area contributed by atoms with Crippen LogP contribution in [0.4, 0.5) is 5.69 Å². The summed E-state index contributed by atoms with van der Waals surface area (Å²) < 4.78 is 12.3. The third-order valence-corrected chi connectivity index (χ3v) is 10.2. The summed E-state index contributed by atoms with van der Waals surface area (Å²) in [5.74, 6) is 0.684. The van der Waals surface area contributed by atoms with Crippen molar-refractivity contribution in [1.82, 2.24) is 0 Å². The molecule has 0 aliphatic rings. The molecule has 0 aromatic heterocycles. The number of methoxy groups -OCH3 is 1. The molecule has 2 N–H and O–H groups in total. The van der Waals surface area contributed by atoms with Gasteiger partial charge in [-0.2, -0.15) is 0 Å². The normalized spacial score (nSPS) is 12.0. The average molecular weight is 392 g/mol. The Morgan fingerprint density at radius 2 is 1.36 bits per heavy atom. The first-order valence-corrected chi connectivity index (χ1v) is 11.5. The van der Waals surface area contributed by atoms with Crippen molar-refractivity contribution < 1.29 is 9.16 Å². The smallest absolute Gasteiger partial charge is 0.261 e. The summed E-state index contributed by atoms with van der Waals surface area (Å²) in [6, 6.07) is 27.2. The zero-order chi connectivity index (χ0) is 20.2. The van der Waals surface area contributed by atoms with Gasteiger partial charge >= 0.3 is 0 Å². The van der Waals surface area contributed by atoms with Gasteiger partial charge in [0.05, 0.1) is 19.4 Å². The fourth-order valence-corrected chi connectivity index (χ4v) is 8.34. The van der Waals surface area contributed by atoms with Crippen molar-refractivity contribution in [2.24, 2.45) is 0 Å². The Labute approximate surface area is 169 Å². The topological polar surface area (TPSA) is 44.5 Å². The Hall–Kier alpha value is -2.56. The maximum atomic E-state index is 6.93. The van der Waals surface area contributed by atoms with Crippen molar-refractivity contribution in [1.29, 1.82) is 0 Å². The van der Waals surface area contributed by atoms with E-state index in [0.717, 1.165) is 5.56 Å². The highest BCUT2D eigenvalue weighted by Gasteiger charge is 2.50. The highest BCUT2D eigenvalue weighted by atomic mass is 28.4. The van der Waals surface area contributed by atoms with Crippen molar-refractivity contribution in [3.63, 3.8) is 0 Å². The molecular formula is C24H29NO2Si. The number of hydrogen-bond donors (Lipinski definition) is 1. The molecule has 146 valence electrons. The molecule has 0 aliphatic heterocycles. The third kappa shape index (κ3) is 3.84. The molecule has 3 aromatic rings. The van der Waals surface area contributed by atoms with E-state index in [1.54, 1.807) is 7.11 Å². The molecule has 0 bridgehead atoms. The molecule has 0 saturated carbocycles. The Kier molecular flexibility index (Phi) is 5.92. The largest absolute Gasteiger partial charge is 0.495 e. The van der Waals surface area contributed by atoms with Gasteiger partial charge in [0.1, 0.15) is 5.75 Å². The van der Waals surface area contributed by atoms with Crippen LogP contribution in [0.5, 0.6) is 5.75 Å². The fraction of sp³-hybridized carbons (Fsp3) is 0.250. The SMILES string of the molecule is COc1cc(CO[Si](c2ccccc2)(c2ccccc2)C(C)(C)C)ccc1N. The number of ether oxygens (including phenoxy) is 1. The number of hydrogen-bond acceptors (Lipinski definition) is 3. The lowest BCUT2D eigenvalue weighted by Crippen LogP contribution is -2.66. The van der Waals surface area contributed by atoms with E-state index in [9.17, 15) is 0 Å². The summed E-state index contributed by atoms with van der Waals surface area (Å²) in [6.07, 6.45) is 0. The Balaban J connectivity index is 2.08. The van der Waals surface area contributed by atoms with Crippen molar-refractivity contribution in [2.45, 2.75) is 32.4 Å². The molecule has 0 aliphatic carbocycles. The second kappa shape index (κ2) is 8.21. The predicted octanol–water partition coefficient (Wildman–Crippen LogP) is 4.35. The van der Waals surface area contributed by atoms with Gasteiger partial charge in [-0.25, -0.2) is 0 Å². The number of anilines is 1. The Morgan fingerprint density at radius 3 is 1.82 bits per heavy atom. The van der Waals surface area contributed by atoms with Gasteiger partial charge in [-0.15, -0.1) is 0 Å². The standard InChI is InChI=1S/C24H29NO2Si/c1-24(2,3)28(20-11-7-5-8-12-20,21-13-9-6-10-14-21)27-18-19-15-16-22(25)23(17-19)26-4/h5-17H,18,25H2,1-4H3. The van der Waals surface area contributed by atoms with E-state index in [2.05, 4.69) is 81.4 Å². The summed E-state index contributed by atoms with van der Waals surface area (Å²) in [7, 11) is -0.908. The Bertz CT molecular complexity index is 865. The molecule has 28 heavy (non-hydrogen) atoms. The second-order valence-corrected chi connectivity index (χ2v) is 12.3. The molecule has 0 fully saturated rings. The second-order valence-electron chi connectivity index (χ2n) is 8.03. The summed E-state index contributed by atoms with van der Waals surface area (Å²) in [5, 5.41) is 2.50. The van der Waals surface area contributed by atoms with Crippen LogP contribution in [0.3, 0.4) is 0 Å². The number of nitrogen functional groups attached to an aromatic ring is 1. The summed E-state index contributed by atoms with van der Waals surface area (Å²) in [4.78, 5) is 0. The fourth-order valence-electron chi connectivity index (χ4n) is 3.80. The summed E-state index contributed by atoms with van der Waals surface area (Å²) in [6.45, 7) is 7.35. The van der Waals surface area contributed by atoms with Crippen LogP contribution in [0.25, 0.3) is 0 Å².